The smallest absolute Gasteiger partial charge is 0.416 e. The molecular weight excluding hydrogens is 453 g/mol. The maximum absolute atomic E-state index is 13.0. The monoisotopic (exact) mass is 474 g/mol. The number of aliphatic hydroxyl groups excluding tert-OH is 1. The van der Waals surface area contributed by atoms with Crippen molar-refractivity contribution in [3.8, 4) is 5.75 Å². The zero-order valence-corrected chi connectivity index (χ0v) is 17.4. The summed E-state index contributed by atoms with van der Waals surface area (Å²) in [5, 5.41) is 18.8. The summed E-state index contributed by atoms with van der Waals surface area (Å²) in [7, 11) is -4.16. The van der Waals surface area contributed by atoms with Crippen LogP contribution in [-0.2, 0) is 27.6 Å². The lowest BCUT2D eigenvalue weighted by Gasteiger charge is -2.35. The normalized spacial score (nSPS) is 20.0. The van der Waals surface area contributed by atoms with E-state index < -0.39 is 39.8 Å². The van der Waals surface area contributed by atoms with E-state index in [2.05, 4.69) is 0 Å². The number of aliphatic hydroxyl groups is 1. The van der Waals surface area contributed by atoms with Crippen molar-refractivity contribution in [3.05, 3.63) is 59.7 Å². The number of hydrogen-bond acceptors (Lipinski definition) is 6. The van der Waals surface area contributed by atoms with Gasteiger partial charge in [0, 0.05) is 6.54 Å². The molecule has 3 rings (SSSR count). The summed E-state index contributed by atoms with van der Waals surface area (Å²) in [4.78, 5) is 11.7. The van der Waals surface area contributed by atoms with E-state index in [0.29, 0.717) is 5.56 Å². The van der Waals surface area contributed by atoms with Gasteiger partial charge in [-0.15, -0.1) is 0 Å². The number of nitrogens with one attached hydrogen (secondary N) is 1. The quantitative estimate of drug-likeness (QED) is 0.437. The first kappa shape index (κ1) is 24.0. The highest BCUT2D eigenvalue weighted by atomic mass is 32.2. The first-order valence-electron chi connectivity index (χ1n) is 9.55. The summed E-state index contributed by atoms with van der Waals surface area (Å²) in [6.45, 7) is -0.326. The molecule has 174 valence electrons. The van der Waals surface area contributed by atoms with Crippen LogP contribution in [0.15, 0.2) is 53.4 Å². The molecule has 1 aliphatic heterocycles. The van der Waals surface area contributed by atoms with Gasteiger partial charge in [-0.1, -0.05) is 12.1 Å². The van der Waals surface area contributed by atoms with E-state index >= 15 is 0 Å². The molecule has 32 heavy (non-hydrogen) atoms. The molecule has 0 radical (unpaired) electrons. The Labute approximate surface area is 182 Å². The van der Waals surface area contributed by atoms with Crippen molar-refractivity contribution >= 4 is 15.9 Å². The fourth-order valence-corrected chi connectivity index (χ4v) is 4.98. The number of ether oxygens (including phenoxy) is 1. The third-order valence-corrected chi connectivity index (χ3v) is 6.93. The maximum Gasteiger partial charge on any atom is 0.416 e. The summed E-state index contributed by atoms with van der Waals surface area (Å²) in [6.07, 6.45) is -5.12. The van der Waals surface area contributed by atoms with Crippen molar-refractivity contribution in [3.63, 3.8) is 0 Å². The zero-order chi connectivity index (χ0) is 23.5. The van der Waals surface area contributed by atoms with Crippen LogP contribution in [0.3, 0.4) is 0 Å². The van der Waals surface area contributed by atoms with Gasteiger partial charge in [0.1, 0.15) is 18.4 Å². The lowest BCUT2D eigenvalue weighted by atomic mass is 10.0. The van der Waals surface area contributed by atoms with Crippen LogP contribution in [0.5, 0.6) is 5.75 Å². The van der Waals surface area contributed by atoms with Gasteiger partial charge < -0.3 is 9.84 Å². The molecule has 12 heteroatoms. The molecule has 8 nitrogen and oxygen atoms in total. The van der Waals surface area contributed by atoms with Gasteiger partial charge in [0.2, 0.25) is 10.0 Å². The number of amides is 1. The van der Waals surface area contributed by atoms with Crippen molar-refractivity contribution < 1.29 is 41.4 Å². The summed E-state index contributed by atoms with van der Waals surface area (Å²) >= 11 is 0. The van der Waals surface area contributed by atoms with Crippen LogP contribution in [0.1, 0.15) is 24.0 Å². The second-order valence-corrected chi connectivity index (χ2v) is 9.14. The van der Waals surface area contributed by atoms with Gasteiger partial charge >= 0.3 is 6.18 Å². The number of halogens is 3. The molecule has 0 saturated carbocycles. The van der Waals surface area contributed by atoms with Crippen molar-refractivity contribution in [2.45, 2.75) is 42.7 Å². The van der Waals surface area contributed by atoms with Crippen LogP contribution in [-0.4, -0.2) is 47.6 Å². The molecule has 2 atom stereocenters. The van der Waals surface area contributed by atoms with Crippen LogP contribution in [0.25, 0.3) is 0 Å². The van der Waals surface area contributed by atoms with E-state index in [-0.39, 0.29) is 36.6 Å². The summed E-state index contributed by atoms with van der Waals surface area (Å²) in [6, 6.07) is 8.56. The second-order valence-electron chi connectivity index (χ2n) is 7.25. The zero-order valence-electron chi connectivity index (χ0n) is 16.6. The minimum Gasteiger partial charge on any atom is -0.489 e. The Hall–Kier alpha value is -2.67. The summed E-state index contributed by atoms with van der Waals surface area (Å²) in [5.41, 5.74) is 1.17. The number of sulfonamides is 1. The highest BCUT2D eigenvalue weighted by molar-refractivity contribution is 7.89. The number of hydroxylamine groups is 1. The molecule has 0 spiro atoms. The Morgan fingerprint density at radius 1 is 1.09 bits per heavy atom. The Kier molecular flexibility index (Phi) is 7.08. The van der Waals surface area contributed by atoms with Gasteiger partial charge in [-0.2, -0.15) is 17.5 Å². The van der Waals surface area contributed by atoms with Crippen molar-refractivity contribution in [1.29, 1.82) is 0 Å². The number of rotatable bonds is 6. The molecule has 2 aromatic rings. The molecule has 0 aliphatic carbocycles. The Morgan fingerprint density at radius 3 is 2.28 bits per heavy atom. The average Bonchev–Trinajstić information content (AvgIpc) is 2.77. The van der Waals surface area contributed by atoms with Gasteiger partial charge in [-0.3, -0.25) is 10.0 Å². The lowest BCUT2D eigenvalue weighted by molar-refractivity contribution is -0.137. The van der Waals surface area contributed by atoms with Gasteiger partial charge in [-0.05, 0) is 54.8 Å². The van der Waals surface area contributed by atoms with Crippen LogP contribution in [0, 0.1) is 0 Å². The standard InChI is InChI=1S/C20H21F3N2O6S/c21-20(22,23)14-3-1-13(2-4-14)12-31-16-6-8-17(9-7-16)32(29,30)25-11-15(26)5-10-18(25)19(27)24-28/h1-4,6-9,15,18,26,28H,5,10-12H2,(H,24,27). The molecule has 2 unspecified atom stereocenters. The number of piperidine rings is 1. The highest BCUT2D eigenvalue weighted by Gasteiger charge is 2.40. The molecule has 0 aromatic heterocycles. The number of carbonyl (C=O) groups is 1. The largest absolute Gasteiger partial charge is 0.489 e. The van der Waals surface area contributed by atoms with Crippen LogP contribution < -0.4 is 10.2 Å². The third-order valence-electron chi connectivity index (χ3n) is 5.04. The van der Waals surface area contributed by atoms with Gasteiger partial charge in [-0.25, -0.2) is 13.9 Å². The Bertz CT molecular complexity index is 1040. The van der Waals surface area contributed by atoms with Crippen LogP contribution >= 0.6 is 0 Å². The van der Waals surface area contributed by atoms with E-state index in [4.69, 9.17) is 9.94 Å². The minimum atomic E-state index is -4.43. The van der Waals surface area contributed by atoms with Crippen molar-refractivity contribution in [1.82, 2.24) is 9.79 Å². The van der Waals surface area contributed by atoms with Crippen LogP contribution in [0.2, 0.25) is 0 Å². The predicted molar refractivity (Wildman–Crippen MR) is 105 cm³/mol. The molecule has 1 amide bonds. The van der Waals surface area contributed by atoms with Crippen LogP contribution in [0.4, 0.5) is 13.2 Å². The molecule has 2 aromatic carbocycles. The first-order chi connectivity index (χ1) is 15.0. The van der Waals surface area contributed by atoms with Gasteiger partial charge in [0.05, 0.1) is 16.6 Å². The summed E-state index contributed by atoms with van der Waals surface area (Å²) in [5.74, 6) is -0.607. The SMILES string of the molecule is O=C(NO)C1CCC(O)CN1S(=O)(=O)c1ccc(OCc2ccc(C(F)(F)F)cc2)cc1. The second kappa shape index (κ2) is 9.45. The first-order valence-corrected chi connectivity index (χ1v) is 11.0. The van der Waals surface area contributed by atoms with Crippen molar-refractivity contribution in [2.75, 3.05) is 6.54 Å². The Balaban J connectivity index is 1.70. The number of benzene rings is 2. The average molecular weight is 474 g/mol. The highest BCUT2D eigenvalue weighted by Crippen LogP contribution is 2.30. The van der Waals surface area contributed by atoms with Crippen molar-refractivity contribution in [2.24, 2.45) is 0 Å². The van der Waals surface area contributed by atoms with E-state index in [1.807, 2.05) is 0 Å². The fraction of sp³-hybridized carbons (Fsp3) is 0.350. The molecular formula is C20H21F3N2O6S. The van der Waals surface area contributed by atoms with Gasteiger partial charge in [0.25, 0.3) is 5.91 Å². The topological polar surface area (TPSA) is 116 Å². The number of hydrogen-bond donors (Lipinski definition) is 3. The molecule has 0 bridgehead atoms. The van der Waals surface area contributed by atoms with E-state index in [9.17, 15) is 31.5 Å². The number of alkyl halides is 3. The molecule has 1 aliphatic rings. The fourth-order valence-electron chi connectivity index (χ4n) is 3.32. The molecule has 1 saturated heterocycles. The van der Waals surface area contributed by atoms with E-state index in [1.165, 1.54) is 41.9 Å². The molecule has 1 heterocycles. The minimum absolute atomic E-state index is 0.0265. The number of carbonyl (C=O) groups excluding carboxylic acids is 1. The van der Waals surface area contributed by atoms with Gasteiger partial charge in [0.15, 0.2) is 0 Å². The molecule has 3 N–H and O–H groups in total. The molecule has 1 fully saturated rings. The van der Waals surface area contributed by atoms with E-state index in [1.54, 1.807) is 0 Å². The third kappa shape index (κ3) is 5.38. The van der Waals surface area contributed by atoms with E-state index in [0.717, 1.165) is 16.4 Å². The predicted octanol–water partition coefficient (Wildman–Crippen LogP) is 2.30. The number of nitrogens with zero attached hydrogens (tertiary/aromatic N) is 1. The summed E-state index contributed by atoms with van der Waals surface area (Å²) < 4.78 is 70.2. The number of β-amino-alcohol motifs (C(OH)–C–C–N with tert-alkyl or cyclic N) is 1. The Morgan fingerprint density at radius 2 is 1.72 bits per heavy atom. The maximum atomic E-state index is 13.0. The lowest BCUT2D eigenvalue weighted by Crippen LogP contribution is -2.54.